The molecule has 0 aliphatic heterocycles. The highest BCUT2D eigenvalue weighted by Gasteiger charge is 2.22. The zero-order valence-electron chi connectivity index (χ0n) is 12.3. The van der Waals surface area contributed by atoms with Crippen LogP contribution in [-0.2, 0) is 11.3 Å². The van der Waals surface area contributed by atoms with Crippen molar-refractivity contribution in [3.8, 4) is 5.75 Å². The molecule has 1 saturated carbocycles. The number of amides is 1. The van der Waals surface area contributed by atoms with E-state index in [1.165, 1.54) is 6.42 Å². The smallest absolute Gasteiger partial charge is 0.255 e. The lowest BCUT2D eigenvalue weighted by Gasteiger charge is -2.27. The number of primary amides is 1. The Balaban J connectivity index is 1.72. The molecule has 1 amide bonds. The van der Waals surface area contributed by atoms with Crippen molar-refractivity contribution in [2.45, 2.75) is 38.3 Å². The predicted octanol–water partition coefficient (Wildman–Crippen LogP) is 1.19. The SMILES string of the molecule is NC(=O)COc1ccc(CNCC2CCCCC2O)cc1. The summed E-state index contributed by atoms with van der Waals surface area (Å²) in [6.07, 6.45) is 4.24. The van der Waals surface area contributed by atoms with Crippen LogP contribution in [-0.4, -0.2) is 30.3 Å². The monoisotopic (exact) mass is 292 g/mol. The lowest BCUT2D eigenvalue weighted by Crippen LogP contribution is -2.33. The van der Waals surface area contributed by atoms with Crippen molar-refractivity contribution < 1.29 is 14.6 Å². The maximum atomic E-state index is 10.6. The number of benzene rings is 1. The van der Waals surface area contributed by atoms with E-state index < -0.39 is 5.91 Å². The maximum absolute atomic E-state index is 10.6. The number of carbonyl (C=O) groups is 1. The summed E-state index contributed by atoms with van der Waals surface area (Å²) in [6, 6.07) is 7.58. The number of aliphatic hydroxyl groups excluding tert-OH is 1. The molecule has 5 heteroatoms. The Bertz CT molecular complexity index is 447. The van der Waals surface area contributed by atoms with Gasteiger partial charge in [-0.05, 0) is 36.5 Å². The summed E-state index contributed by atoms with van der Waals surface area (Å²) in [5.41, 5.74) is 6.17. The van der Waals surface area contributed by atoms with E-state index in [9.17, 15) is 9.90 Å². The standard InChI is InChI=1S/C16H24N2O3/c17-16(20)11-21-14-7-5-12(6-8-14)9-18-10-13-3-1-2-4-15(13)19/h5-8,13,15,18-19H,1-4,9-11H2,(H2,17,20). The number of aliphatic hydroxyl groups is 1. The lowest BCUT2D eigenvalue weighted by atomic mass is 9.86. The van der Waals surface area contributed by atoms with Gasteiger partial charge in [-0.25, -0.2) is 0 Å². The van der Waals surface area contributed by atoms with E-state index in [1.54, 1.807) is 0 Å². The molecule has 1 aliphatic rings. The Morgan fingerprint density at radius 2 is 2.00 bits per heavy atom. The number of nitrogens with two attached hydrogens (primary N) is 1. The summed E-state index contributed by atoms with van der Waals surface area (Å²) in [5.74, 6) is 0.531. The fraction of sp³-hybridized carbons (Fsp3) is 0.562. The maximum Gasteiger partial charge on any atom is 0.255 e. The van der Waals surface area contributed by atoms with E-state index in [0.29, 0.717) is 11.7 Å². The first kappa shape index (κ1) is 15.8. The molecule has 0 aromatic heterocycles. The van der Waals surface area contributed by atoms with Gasteiger partial charge < -0.3 is 20.9 Å². The molecule has 1 aromatic rings. The van der Waals surface area contributed by atoms with Crippen molar-refractivity contribution in [1.82, 2.24) is 5.32 Å². The van der Waals surface area contributed by atoms with Gasteiger partial charge in [-0.2, -0.15) is 0 Å². The van der Waals surface area contributed by atoms with Crippen molar-refractivity contribution in [2.24, 2.45) is 11.7 Å². The highest BCUT2D eigenvalue weighted by atomic mass is 16.5. The molecule has 2 atom stereocenters. The van der Waals surface area contributed by atoms with E-state index in [2.05, 4.69) is 5.32 Å². The van der Waals surface area contributed by atoms with Gasteiger partial charge in [0.25, 0.3) is 5.91 Å². The number of hydrogen-bond acceptors (Lipinski definition) is 4. The summed E-state index contributed by atoms with van der Waals surface area (Å²) in [6.45, 7) is 1.51. The number of ether oxygens (including phenoxy) is 1. The van der Waals surface area contributed by atoms with Crippen LogP contribution in [0.5, 0.6) is 5.75 Å². The van der Waals surface area contributed by atoms with Crippen LogP contribution in [0.2, 0.25) is 0 Å². The Kier molecular flexibility index (Phi) is 6.02. The molecule has 2 unspecified atom stereocenters. The molecule has 1 fully saturated rings. The van der Waals surface area contributed by atoms with Crippen LogP contribution in [0.1, 0.15) is 31.2 Å². The van der Waals surface area contributed by atoms with Crippen LogP contribution in [0, 0.1) is 5.92 Å². The highest BCUT2D eigenvalue weighted by Crippen LogP contribution is 2.23. The predicted molar refractivity (Wildman–Crippen MR) is 80.8 cm³/mol. The minimum atomic E-state index is -0.480. The molecule has 21 heavy (non-hydrogen) atoms. The minimum Gasteiger partial charge on any atom is -0.484 e. The molecule has 116 valence electrons. The fourth-order valence-electron chi connectivity index (χ4n) is 2.69. The second kappa shape index (κ2) is 8.00. The molecule has 2 rings (SSSR count). The lowest BCUT2D eigenvalue weighted by molar-refractivity contribution is -0.119. The summed E-state index contributed by atoms with van der Waals surface area (Å²) in [5, 5.41) is 13.3. The Hall–Kier alpha value is -1.59. The van der Waals surface area contributed by atoms with Crippen LogP contribution in [0.15, 0.2) is 24.3 Å². The number of carbonyl (C=O) groups excluding carboxylic acids is 1. The highest BCUT2D eigenvalue weighted by molar-refractivity contribution is 5.75. The fourth-order valence-corrected chi connectivity index (χ4v) is 2.69. The van der Waals surface area contributed by atoms with Crippen molar-refractivity contribution in [3.05, 3.63) is 29.8 Å². The Labute approximate surface area is 125 Å². The van der Waals surface area contributed by atoms with E-state index in [4.69, 9.17) is 10.5 Å². The van der Waals surface area contributed by atoms with Crippen molar-refractivity contribution in [2.75, 3.05) is 13.2 Å². The quantitative estimate of drug-likeness (QED) is 0.705. The normalized spacial score (nSPS) is 22.0. The molecule has 1 aliphatic carbocycles. The van der Waals surface area contributed by atoms with Crippen LogP contribution in [0.4, 0.5) is 0 Å². The molecule has 0 saturated heterocycles. The average Bonchev–Trinajstić information content (AvgIpc) is 2.48. The first-order valence-electron chi connectivity index (χ1n) is 7.54. The van der Waals surface area contributed by atoms with Gasteiger partial charge in [-0.3, -0.25) is 4.79 Å². The third-order valence-electron chi connectivity index (χ3n) is 3.91. The summed E-state index contributed by atoms with van der Waals surface area (Å²) in [4.78, 5) is 10.6. The molecule has 4 N–H and O–H groups in total. The average molecular weight is 292 g/mol. The topological polar surface area (TPSA) is 84.6 Å². The number of rotatable bonds is 7. The van der Waals surface area contributed by atoms with Gasteiger partial charge in [0.15, 0.2) is 6.61 Å². The van der Waals surface area contributed by atoms with Crippen LogP contribution in [0.3, 0.4) is 0 Å². The largest absolute Gasteiger partial charge is 0.484 e. The summed E-state index contributed by atoms with van der Waals surface area (Å²) < 4.78 is 5.21. The number of nitrogens with one attached hydrogen (secondary N) is 1. The van der Waals surface area contributed by atoms with E-state index in [-0.39, 0.29) is 12.7 Å². The first-order valence-corrected chi connectivity index (χ1v) is 7.54. The molecule has 0 radical (unpaired) electrons. The zero-order chi connectivity index (χ0) is 15.1. The molecule has 0 bridgehead atoms. The van der Waals surface area contributed by atoms with Crippen molar-refractivity contribution >= 4 is 5.91 Å². The van der Waals surface area contributed by atoms with Gasteiger partial charge in [0.2, 0.25) is 0 Å². The third kappa shape index (κ3) is 5.36. The van der Waals surface area contributed by atoms with Gasteiger partial charge in [0, 0.05) is 13.1 Å². The van der Waals surface area contributed by atoms with Gasteiger partial charge in [-0.15, -0.1) is 0 Å². The first-order chi connectivity index (χ1) is 10.1. The van der Waals surface area contributed by atoms with E-state index in [0.717, 1.165) is 37.9 Å². The van der Waals surface area contributed by atoms with E-state index >= 15 is 0 Å². The third-order valence-corrected chi connectivity index (χ3v) is 3.91. The van der Waals surface area contributed by atoms with Crippen molar-refractivity contribution in [1.29, 1.82) is 0 Å². The Morgan fingerprint density at radius 1 is 1.29 bits per heavy atom. The molecule has 0 spiro atoms. The molecule has 5 nitrogen and oxygen atoms in total. The van der Waals surface area contributed by atoms with Crippen LogP contribution >= 0.6 is 0 Å². The van der Waals surface area contributed by atoms with Gasteiger partial charge in [0.1, 0.15) is 5.75 Å². The van der Waals surface area contributed by atoms with Gasteiger partial charge in [0.05, 0.1) is 6.10 Å². The van der Waals surface area contributed by atoms with Crippen molar-refractivity contribution in [3.63, 3.8) is 0 Å². The molecule has 0 heterocycles. The second-order valence-corrected chi connectivity index (χ2v) is 5.64. The number of hydrogen-bond donors (Lipinski definition) is 3. The summed E-state index contributed by atoms with van der Waals surface area (Å²) in [7, 11) is 0. The molecular weight excluding hydrogens is 268 g/mol. The second-order valence-electron chi connectivity index (χ2n) is 5.64. The van der Waals surface area contributed by atoms with E-state index in [1.807, 2.05) is 24.3 Å². The Morgan fingerprint density at radius 3 is 2.67 bits per heavy atom. The van der Waals surface area contributed by atoms with Gasteiger partial charge >= 0.3 is 0 Å². The van der Waals surface area contributed by atoms with Gasteiger partial charge in [-0.1, -0.05) is 25.0 Å². The molecular formula is C16H24N2O3. The van der Waals surface area contributed by atoms with Crippen LogP contribution in [0.25, 0.3) is 0 Å². The minimum absolute atomic E-state index is 0.100. The zero-order valence-corrected chi connectivity index (χ0v) is 12.3. The molecule has 1 aromatic carbocycles. The summed E-state index contributed by atoms with van der Waals surface area (Å²) >= 11 is 0. The van der Waals surface area contributed by atoms with Crippen LogP contribution < -0.4 is 15.8 Å².